The summed E-state index contributed by atoms with van der Waals surface area (Å²) in [4.78, 5) is 14.4. The van der Waals surface area contributed by atoms with Crippen molar-refractivity contribution in [1.29, 1.82) is 0 Å². The molecule has 0 spiro atoms. The molecule has 0 amide bonds. The first-order valence-electron chi connectivity index (χ1n) is 5.23. The fraction of sp³-hybridized carbons (Fsp3) is 0.0833. The highest BCUT2D eigenvalue weighted by Gasteiger charge is 2.15. The highest BCUT2D eigenvalue weighted by Crippen LogP contribution is 2.30. The standard InChI is InChI=1S/C12H8Cl2N2O3/c13-8-1-2-11(16(17)18)12(6-8)19-7-10-5-9(14)3-4-15-10/h1-6H,7H2. The largest absolute Gasteiger partial charge is 0.480 e. The number of benzene rings is 1. The number of halogens is 2. The van der Waals surface area contributed by atoms with Gasteiger partial charge in [0.1, 0.15) is 6.61 Å². The maximum Gasteiger partial charge on any atom is 0.311 e. The maximum absolute atomic E-state index is 10.8. The Morgan fingerprint density at radius 3 is 2.63 bits per heavy atom. The number of rotatable bonds is 4. The summed E-state index contributed by atoms with van der Waals surface area (Å²) in [6, 6.07) is 7.38. The van der Waals surface area contributed by atoms with Crippen LogP contribution in [-0.2, 0) is 6.61 Å². The molecule has 0 atom stereocenters. The van der Waals surface area contributed by atoms with Crippen molar-refractivity contribution >= 4 is 28.9 Å². The molecule has 7 heteroatoms. The van der Waals surface area contributed by atoms with Gasteiger partial charge in [-0.3, -0.25) is 15.1 Å². The number of pyridine rings is 1. The van der Waals surface area contributed by atoms with E-state index in [2.05, 4.69) is 4.98 Å². The molecule has 0 aliphatic rings. The highest BCUT2D eigenvalue weighted by molar-refractivity contribution is 6.31. The highest BCUT2D eigenvalue weighted by atomic mass is 35.5. The Morgan fingerprint density at radius 1 is 1.21 bits per heavy atom. The first kappa shape index (κ1) is 13.6. The SMILES string of the molecule is O=[N+]([O-])c1ccc(Cl)cc1OCc1cc(Cl)ccn1. The summed E-state index contributed by atoms with van der Waals surface area (Å²) in [5.41, 5.74) is 0.424. The van der Waals surface area contributed by atoms with Crippen LogP contribution in [-0.4, -0.2) is 9.91 Å². The summed E-state index contributed by atoms with van der Waals surface area (Å²) in [5, 5.41) is 11.7. The molecule has 0 N–H and O–H groups in total. The van der Waals surface area contributed by atoms with E-state index in [1.807, 2.05) is 0 Å². The molecule has 0 saturated heterocycles. The van der Waals surface area contributed by atoms with Crippen LogP contribution in [0.25, 0.3) is 0 Å². The topological polar surface area (TPSA) is 65.3 Å². The van der Waals surface area contributed by atoms with Gasteiger partial charge in [0.15, 0.2) is 5.75 Å². The third kappa shape index (κ3) is 3.56. The van der Waals surface area contributed by atoms with Gasteiger partial charge >= 0.3 is 5.69 Å². The van der Waals surface area contributed by atoms with E-state index in [0.717, 1.165) is 0 Å². The summed E-state index contributed by atoms with van der Waals surface area (Å²) >= 11 is 11.6. The molecule has 98 valence electrons. The molecule has 2 aromatic rings. The van der Waals surface area contributed by atoms with Gasteiger partial charge in [0.2, 0.25) is 0 Å². The average molecular weight is 299 g/mol. The minimum absolute atomic E-state index is 0.0712. The molecule has 0 radical (unpaired) electrons. The molecule has 1 aromatic carbocycles. The van der Waals surface area contributed by atoms with Crippen molar-refractivity contribution in [3.8, 4) is 5.75 Å². The van der Waals surface area contributed by atoms with E-state index < -0.39 is 4.92 Å². The number of ether oxygens (including phenoxy) is 1. The third-order valence-electron chi connectivity index (χ3n) is 2.27. The molecule has 2 rings (SSSR count). The molecule has 5 nitrogen and oxygen atoms in total. The van der Waals surface area contributed by atoms with Gasteiger partial charge in [-0.15, -0.1) is 0 Å². The molecule has 0 saturated carbocycles. The summed E-state index contributed by atoms with van der Waals surface area (Å²) in [6.45, 7) is 0.0712. The number of nitro benzene ring substituents is 1. The number of hydrogen-bond donors (Lipinski definition) is 0. The lowest BCUT2D eigenvalue weighted by Gasteiger charge is -2.06. The van der Waals surface area contributed by atoms with E-state index >= 15 is 0 Å². The van der Waals surface area contributed by atoms with Crippen LogP contribution in [0, 0.1) is 10.1 Å². The van der Waals surface area contributed by atoms with E-state index in [4.69, 9.17) is 27.9 Å². The van der Waals surface area contributed by atoms with Gasteiger partial charge in [-0.25, -0.2) is 0 Å². The first-order chi connectivity index (χ1) is 9.06. The van der Waals surface area contributed by atoms with Crippen molar-refractivity contribution in [1.82, 2.24) is 4.98 Å². The molecule has 0 aliphatic heterocycles. The Hall–Kier alpha value is -1.85. The van der Waals surface area contributed by atoms with Crippen LogP contribution in [0.5, 0.6) is 5.75 Å². The Morgan fingerprint density at radius 2 is 1.95 bits per heavy atom. The zero-order valence-electron chi connectivity index (χ0n) is 9.55. The number of hydrogen-bond acceptors (Lipinski definition) is 4. The van der Waals surface area contributed by atoms with Crippen LogP contribution < -0.4 is 4.74 Å². The summed E-state index contributed by atoms with van der Waals surface area (Å²) in [6.07, 6.45) is 1.54. The molecular formula is C12H8Cl2N2O3. The molecule has 0 bridgehead atoms. The fourth-order valence-electron chi connectivity index (χ4n) is 1.43. The Kier molecular flexibility index (Phi) is 4.19. The maximum atomic E-state index is 10.8. The van der Waals surface area contributed by atoms with Gasteiger partial charge in [0.05, 0.1) is 10.6 Å². The van der Waals surface area contributed by atoms with Gasteiger partial charge < -0.3 is 4.74 Å². The van der Waals surface area contributed by atoms with Crippen molar-refractivity contribution in [2.45, 2.75) is 6.61 Å². The van der Waals surface area contributed by atoms with Gasteiger partial charge in [0, 0.05) is 28.4 Å². The normalized spacial score (nSPS) is 10.2. The van der Waals surface area contributed by atoms with Crippen molar-refractivity contribution in [2.24, 2.45) is 0 Å². The predicted molar refractivity (Wildman–Crippen MR) is 71.7 cm³/mol. The van der Waals surface area contributed by atoms with Crippen LogP contribution in [0.15, 0.2) is 36.5 Å². The quantitative estimate of drug-likeness (QED) is 0.635. The predicted octanol–water partition coefficient (Wildman–Crippen LogP) is 3.88. The van der Waals surface area contributed by atoms with Crippen molar-refractivity contribution in [2.75, 3.05) is 0 Å². The summed E-state index contributed by atoms with van der Waals surface area (Å²) < 4.78 is 5.37. The number of nitro groups is 1. The first-order valence-corrected chi connectivity index (χ1v) is 5.99. The van der Waals surface area contributed by atoms with Gasteiger partial charge in [0.25, 0.3) is 0 Å². The molecule has 0 aliphatic carbocycles. The van der Waals surface area contributed by atoms with Crippen molar-refractivity contribution in [3.63, 3.8) is 0 Å². The summed E-state index contributed by atoms with van der Waals surface area (Å²) in [7, 11) is 0. The summed E-state index contributed by atoms with van der Waals surface area (Å²) in [5.74, 6) is 0.0966. The van der Waals surface area contributed by atoms with Crippen LogP contribution in [0.3, 0.4) is 0 Å². The molecule has 1 aromatic heterocycles. The minimum atomic E-state index is -0.531. The zero-order valence-corrected chi connectivity index (χ0v) is 11.1. The lowest BCUT2D eigenvalue weighted by Crippen LogP contribution is -2.00. The van der Waals surface area contributed by atoms with Crippen LogP contribution in [0.4, 0.5) is 5.69 Å². The van der Waals surface area contributed by atoms with E-state index in [9.17, 15) is 10.1 Å². The molecular weight excluding hydrogens is 291 g/mol. The molecule has 1 heterocycles. The van der Waals surface area contributed by atoms with E-state index in [1.54, 1.807) is 12.1 Å². The third-order valence-corrected chi connectivity index (χ3v) is 2.74. The second-order valence-corrected chi connectivity index (χ2v) is 4.50. The van der Waals surface area contributed by atoms with Crippen LogP contribution >= 0.6 is 23.2 Å². The smallest absolute Gasteiger partial charge is 0.311 e. The Labute approximate surface area is 118 Å². The van der Waals surface area contributed by atoms with Crippen molar-refractivity contribution in [3.05, 3.63) is 62.4 Å². The second-order valence-electron chi connectivity index (χ2n) is 3.62. The second kappa shape index (κ2) is 5.86. The van der Waals surface area contributed by atoms with E-state index in [-0.39, 0.29) is 18.0 Å². The number of aromatic nitrogens is 1. The van der Waals surface area contributed by atoms with Gasteiger partial charge in [-0.2, -0.15) is 0 Å². The van der Waals surface area contributed by atoms with E-state index in [1.165, 1.54) is 24.4 Å². The zero-order chi connectivity index (χ0) is 13.8. The van der Waals surface area contributed by atoms with Crippen molar-refractivity contribution < 1.29 is 9.66 Å². The number of nitrogens with zero attached hydrogens (tertiary/aromatic N) is 2. The average Bonchev–Trinajstić information content (AvgIpc) is 2.36. The Bertz CT molecular complexity index is 620. The van der Waals surface area contributed by atoms with E-state index in [0.29, 0.717) is 15.7 Å². The molecule has 0 unspecified atom stereocenters. The Balaban J connectivity index is 2.19. The fourth-order valence-corrected chi connectivity index (χ4v) is 1.78. The molecule has 19 heavy (non-hydrogen) atoms. The molecule has 0 fully saturated rings. The van der Waals surface area contributed by atoms with Gasteiger partial charge in [-0.1, -0.05) is 23.2 Å². The van der Waals surface area contributed by atoms with Crippen LogP contribution in [0.2, 0.25) is 10.0 Å². The van der Waals surface area contributed by atoms with Gasteiger partial charge in [-0.05, 0) is 18.2 Å². The van der Waals surface area contributed by atoms with Crippen LogP contribution in [0.1, 0.15) is 5.69 Å². The lowest BCUT2D eigenvalue weighted by atomic mass is 10.3. The lowest BCUT2D eigenvalue weighted by molar-refractivity contribution is -0.385. The monoisotopic (exact) mass is 298 g/mol. The minimum Gasteiger partial charge on any atom is -0.480 e.